The fourth-order valence-corrected chi connectivity index (χ4v) is 4.04. The lowest BCUT2D eigenvalue weighted by molar-refractivity contribution is -0.387. The third-order valence-electron chi connectivity index (χ3n) is 3.24. The van der Waals surface area contributed by atoms with Crippen LogP contribution in [0.15, 0.2) is 17.0 Å². The molecule has 1 fully saturated rings. The van der Waals surface area contributed by atoms with Gasteiger partial charge in [-0.1, -0.05) is 6.92 Å². The Morgan fingerprint density at radius 3 is 2.45 bits per heavy atom. The van der Waals surface area contributed by atoms with Crippen molar-refractivity contribution in [1.82, 2.24) is 0 Å². The summed E-state index contributed by atoms with van der Waals surface area (Å²) in [4.78, 5) is 21.3. The van der Waals surface area contributed by atoms with Gasteiger partial charge < -0.3 is 0 Å². The van der Waals surface area contributed by atoms with E-state index in [2.05, 4.69) is 0 Å². The molecule has 0 N–H and O–H groups in total. The Morgan fingerprint density at radius 2 is 2.05 bits per heavy atom. The number of benzene rings is 1. The highest BCUT2D eigenvalue weighted by atomic mass is 35.5. The maximum absolute atomic E-state index is 12.2. The van der Waals surface area contributed by atoms with Gasteiger partial charge in [-0.3, -0.25) is 14.9 Å². The fourth-order valence-electron chi connectivity index (χ4n) is 2.01. The molecule has 1 aromatic carbocycles. The molecular formula is C12H12ClNO5S. The van der Waals surface area contributed by atoms with Gasteiger partial charge in [0, 0.05) is 11.6 Å². The van der Waals surface area contributed by atoms with E-state index in [1.165, 1.54) is 6.07 Å². The van der Waals surface area contributed by atoms with E-state index < -0.39 is 30.9 Å². The Labute approximate surface area is 120 Å². The van der Waals surface area contributed by atoms with Gasteiger partial charge in [0.1, 0.15) is 4.90 Å². The molecule has 0 radical (unpaired) electrons. The third kappa shape index (κ3) is 2.55. The Bertz CT molecular complexity index is 694. The molecule has 6 nitrogen and oxygen atoms in total. The highest BCUT2D eigenvalue weighted by molar-refractivity contribution is 7.92. The number of hydrogen-bond donors (Lipinski definition) is 0. The number of halogens is 1. The summed E-state index contributed by atoms with van der Waals surface area (Å²) in [5.74, 6) is 0. The van der Waals surface area contributed by atoms with Gasteiger partial charge in [0.05, 0.1) is 10.2 Å². The van der Waals surface area contributed by atoms with Gasteiger partial charge in [-0.05, 0) is 42.5 Å². The number of sulfone groups is 1. The average Bonchev–Trinajstić information content (AvgIpc) is 3.21. The lowest BCUT2D eigenvalue weighted by Crippen LogP contribution is -2.12. The van der Waals surface area contributed by atoms with Crippen LogP contribution in [0, 0.1) is 10.1 Å². The minimum atomic E-state index is -3.71. The van der Waals surface area contributed by atoms with Crippen molar-refractivity contribution in [3.05, 3.63) is 33.4 Å². The van der Waals surface area contributed by atoms with E-state index in [1.807, 2.05) is 0 Å². The fraction of sp³-hybridized carbons (Fsp3) is 0.417. The first-order valence-electron chi connectivity index (χ1n) is 6.04. The molecule has 0 spiro atoms. The summed E-state index contributed by atoms with van der Waals surface area (Å²) in [5.41, 5.74) is -0.205. The predicted molar refractivity (Wildman–Crippen MR) is 72.9 cm³/mol. The molecule has 0 heterocycles. The summed E-state index contributed by atoms with van der Waals surface area (Å²) >= 11 is 5.39. The van der Waals surface area contributed by atoms with Crippen molar-refractivity contribution in [1.29, 1.82) is 0 Å². The predicted octanol–water partition coefficient (Wildman–Crippen LogP) is 2.47. The molecule has 20 heavy (non-hydrogen) atoms. The SMILES string of the molecule is CCc1cc(S(=O)(=O)C2CC2)c([N+](=O)[O-])cc1C(=O)Cl. The largest absolute Gasteiger partial charge is 0.288 e. The zero-order valence-electron chi connectivity index (χ0n) is 10.6. The van der Waals surface area contributed by atoms with Crippen LogP contribution in [-0.4, -0.2) is 23.8 Å². The summed E-state index contributed by atoms with van der Waals surface area (Å²) in [6.07, 6.45) is 1.38. The first-order chi connectivity index (χ1) is 9.28. The molecular weight excluding hydrogens is 306 g/mol. The highest BCUT2D eigenvalue weighted by Crippen LogP contribution is 2.38. The highest BCUT2D eigenvalue weighted by Gasteiger charge is 2.41. The molecule has 108 valence electrons. The maximum atomic E-state index is 12.2. The summed E-state index contributed by atoms with van der Waals surface area (Å²) in [5, 5.41) is 9.69. The molecule has 0 bridgehead atoms. The number of aryl methyl sites for hydroxylation is 1. The van der Waals surface area contributed by atoms with Crippen LogP contribution >= 0.6 is 11.6 Å². The maximum Gasteiger partial charge on any atom is 0.288 e. The van der Waals surface area contributed by atoms with Crippen molar-refractivity contribution in [3.63, 3.8) is 0 Å². The number of carbonyl (C=O) groups is 1. The second kappa shape index (κ2) is 5.14. The van der Waals surface area contributed by atoms with E-state index in [1.54, 1.807) is 6.92 Å². The van der Waals surface area contributed by atoms with Crippen LogP contribution in [-0.2, 0) is 16.3 Å². The van der Waals surface area contributed by atoms with E-state index in [9.17, 15) is 23.3 Å². The summed E-state index contributed by atoms with van der Waals surface area (Å²) in [7, 11) is -3.71. The van der Waals surface area contributed by atoms with Crippen molar-refractivity contribution in [2.24, 2.45) is 0 Å². The molecule has 1 aromatic rings. The lowest BCUT2D eigenvalue weighted by atomic mass is 10.1. The van der Waals surface area contributed by atoms with Gasteiger partial charge in [0.2, 0.25) is 0 Å². The van der Waals surface area contributed by atoms with Crippen LogP contribution in [0.25, 0.3) is 0 Å². The Morgan fingerprint density at radius 1 is 1.45 bits per heavy atom. The average molecular weight is 318 g/mol. The zero-order chi connectivity index (χ0) is 15.1. The molecule has 0 amide bonds. The molecule has 0 aromatic heterocycles. The van der Waals surface area contributed by atoms with Gasteiger partial charge >= 0.3 is 0 Å². The van der Waals surface area contributed by atoms with Crippen molar-refractivity contribution >= 4 is 32.4 Å². The van der Waals surface area contributed by atoms with E-state index in [0.717, 1.165) is 6.07 Å². The van der Waals surface area contributed by atoms with Gasteiger partial charge in [-0.15, -0.1) is 0 Å². The number of nitro groups is 1. The van der Waals surface area contributed by atoms with Crippen LogP contribution in [0.1, 0.15) is 35.7 Å². The molecule has 1 aliphatic rings. The summed E-state index contributed by atoms with van der Waals surface area (Å²) in [6, 6.07) is 2.17. The monoisotopic (exact) mass is 317 g/mol. The molecule has 0 aliphatic heterocycles. The standard InChI is InChI=1S/C12H12ClNO5S/c1-2-7-5-11(20(18,19)8-3-4-8)10(14(16)17)6-9(7)12(13)15/h5-6,8H,2-4H2,1H3. The number of carbonyl (C=O) groups excluding carboxylic acids is 1. The van der Waals surface area contributed by atoms with Crippen molar-refractivity contribution in [2.45, 2.75) is 36.3 Å². The summed E-state index contributed by atoms with van der Waals surface area (Å²) < 4.78 is 24.5. The molecule has 1 saturated carbocycles. The van der Waals surface area contributed by atoms with Crippen molar-refractivity contribution < 1.29 is 18.1 Å². The molecule has 0 unspecified atom stereocenters. The van der Waals surface area contributed by atoms with Crippen LogP contribution in [0.4, 0.5) is 5.69 Å². The first kappa shape index (κ1) is 14.9. The van der Waals surface area contributed by atoms with Crippen LogP contribution < -0.4 is 0 Å². The molecule has 1 aliphatic carbocycles. The smallest absolute Gasteiger partial charge is 0.276 e. The Balaban J connectivity index is 2.73. The molecule has 0 atom stereocenters. The van der Waals surface area contributed by atoms with E-state index in [-0.39, 0.29) is 10.5 Å². The molecule has 0 saturated heterocycles. The van der Waals surface area contributed by atoms with Crippen molar-refractivity contribution in [2.75, 3.05) is 0 Å². The van der Waals surface area contributed by atoms with E-state index >= 15 is 0 Å². The van der Waals surface area contributed by atoms with Gasteiger partial charge in [-0.2, -0.15) is 0 Å². The zero-order valence-corrected chi connectivity index (χ0v) is 12.2. The van der Waals surface area contributed by atoms with Gasteiger partial charge in [-0.25, -0.2) is 8.42 Å². The van der Waals surface area contributed by atoms with Gasteiger partial charge in [0.25, 0.3) is 10.9 Å². The minimum absolute atomic E-state index is 0.0180. The van der Waals surface area contributed by atoms with Crippen molar-refractivity contribution in [3.8, 4) is 0 Å². The number of nitro benzene ring substituents is 1. The first-order valence-corrected chi connectivity index (χ1v) is 7.96. The van der Waals surface area contributed by atoms with Crippen LogP contribution in [0.2, 0.25) is 0 Å². The Kier molecular flexibility index (Phi) is 3.84. The lowest BCUT2D eigenvalue weighted by Gasteiger charge is -2.09. The topological polar surface area (TPSA) is 94.3 Å². The summed E-state index contributed by atoms with van der Waals surface area (Å²) in [6.45, 7) is 1.72. The van der Waals surface area contributed by atoms with Crippen LogP contribution in [0.3, 0.4) is 0 Å². The molecule has 2 rings (SSSR count). The number of hydrogen-bond acceptors (Lipinski definition) is 5. The van der Waals surface area contributed by atoms with E-state index in [0.29, 0.717) is 24.8 Å². The molecule has 8 heteroatoms. The second-order valence-corrected chi connectivity index (χ2v) is 7.15. The second-order valence-electron chi connectivity index (χ2n) is 4.61. The number of nitrogens with zero attached hydrogens (tertiary/aromatic N) is 1. The number of rotatable bonds is 5. The quantitative estimate of drug-likeness (QED) is 0.472. The third-order valence-corrected chi connectivity index (χ3v) is 5.74. The van der Waals surface area contributed by atoms with E-state index in [4.69, 9.17) is 11.6 Å². The van der Waals surface area contributed by atoms with Crippen LogP contribution in [0.5, 0.6) is 0 Å². The minimum Gasteiger partial charge on any atom is -0.276 e. The Hall–Kier alpha value is -1.47. The van der Waals surface area contributed by atoms with Gasteiger partial charge in [0.15, 0.2) is 9.84 Å². The normalized spacial score (nSPS) is 15.1.